The van der Waals surface area contributed by atoms with E-state index in [2.05, 4.69) is 26.6 Å². The van der Waals surface area contributed by atoms with Crippen LogP contribution in [0.2, 0.25) is 0 Å². The Morgan fingerprint density at radius 2 is 1.79 bits per heavy atom. The van der Waals surface area contributed by atoms with Gasteiger partial charge >= 0.3 is 12.0 Å². The molecule has 6 rings (SSSR count). The number of likely N-dealkylation sites (N-methyl/N-ethyl adjacent to an activating group) is 2. The Bertz CT molecular complexity index is 1440. The fourth-order valence-corrected chi connectivity index (χ4v) is 5.94. The monoisotopic (exact) mass is 548 g/mol. The molecule has 0 radical (unpaired) electrons. The van der Waals surface area contributed by atoms with Gasteiger partial charge in [-0.1, -0.05) is 28.9 Å². The van der Waals surface area contributed by atoms with Crippen LogP contribution in [0.4, 0.5) is 10.5 Å². The number of ether oxygens (including phenoxy) is 1. The van der Waals surface area contributed by atoms with Crippen molar-refractivity contribution in [3.63, 3.8) is 0 Å². The number of hydrogen-bond acceptors (Lipinski definition) is 7. The van der Waals surface area contributed by atoms with Crippen molar-refractivity contribution in [1.29, 1.82) is 0 Å². The van der Waals surface area contributed by atoms with Crippen molar-refractivity contribution >= 4 is 52.3 Å². The van der Waals surface area contributed by atoms with Gasteiger partial charge in [-0.05, 0) is 36.4 Å². The van der Waals surface area contributed by atoms with E-state index in [-0.39, 0.29) is 11.9 Å². The van der Waals surface area contributed by atoms with Gasteiger partial charge in [0.05, 0.1) is 26.7 Å². The van der Waals surface area contributed by atoms with E-state index in [0.29, 0.717) is 23.4 Å². The number of rotatable bonds is 6. The second kappa shape index (κ2) is 10.3. The Morgan fingerprint density at radius 3 is 2.51 bits per heavy atom. The fourth-order valence-electron chi connectivity index (χ4n) is 5.17. The molecule has 1 aromatic heterocycles. The number of urea groups is 1. The van der Waals surface area contributed by atoms with Gasteiger partial charge in [0, 0.05) is 38.6 Å². The molecule has 4 heterocycles. The van der Waals surface area contributed by atoms with Crippen LogP contribution in [0.3, 0.4) is 0 Å². The third-order valence-electron chi connectivity index (χ3n) is 7.34. The molecule has 3 aliphatic rings. The number of aromatic nitrogens is 1. The number of imide groups is 1. The molecule has 0 bridgehead atoms. The lowest BCUT2D eigenvalue weighted by Crippen LogP contribution is -2.63. The zero-order valence-corrected chi connectivity index (χ0v) is 22.9. The Hall–Kier alpha value is -4.06. The van der Waals surface area contributed by atoms with Crippen LogP contribution in [0.15, 0.2) is 63.2 Å². The van der Waals surface area contributed by atoms with Crippen LogP contribution in [0.5, 0.6) is 5.75 Å². The molecule has 1 atom stereocenters. The number of piperazine rings is 1. The van der Waals surface area contributed by atoms with Crippen molar-refractivity contribution < 1.29 is 23.3 Å². The van der Waals surface area contributed by atoms with Gasteiger partial charge in [-0.2, -0.15) is 0 Å². The molecular weight excluding hydrogens is 518 g/mol. The third-order valence-corrected chi connectivity index (χ3v) is 8.15. The topological polar surface area (TPSA) is 97.7 Å². The molecule has 0 saturated carbocycles. The number of para-hydroxylation sites is 2. The smallest absolute Gasteiger partial charge is 0.392 e. The molecule has 3 aromatic rings. The maximum atomic E-state index is 13.3. The number of nitrogens with zero attached hydrogens (tertiary/aromatic N) is 7. The largest absolute Gasteiger partial charge is 0.497 e. The third kappa shape index (κ3) is 4.58. The number of benzene rings is 2. The van der Waals surface area contributed by atoms with Crippen LogP contribution in [0, 0.1) is 0 Å². The first-order chi connectivity index (χ1) is 18.9. The number of amides is 3. The molecule has 12 heteroatoms. The lowest BCUT2D eigenvalue weighted by atomic mass is 10.1. The van der Waals surface area contributed by atoms with Crippen molar-refractivity contribution in [1.82, 2.24) is 19.7 Å². The van der Waals surface area contributed by atoms with Crippen LogP contribution in [0.1, 0.15) is 0 Å². The fraction of sp³-hybridized carbons (Fsp3) is 0.370. The predicted molar refractivity (Wildman–Crippen MR) is 149 cm³/mol. The standard InChI is InChI=1S/C27H30N7O4S/c1-30-23-22(24(35)31(2)27(30)36)34(16-17-39-26-28-20-6-4-5-7-21(20)38-26)25(29-23)33-14-12-32(13-15-33)18-8-10-19(37-3)11-9-18/h4-11,22H,12-17H2,1-3H3/q+1. The minimum atomic E-state index is -0.642. The number of hydrogen-bond donors (Lipinski definition) is 0. The summed E-state index contributed by atoms with van der Waals surface area (Å²) in [6.45, 7) is 3.62. The van der Waals surface area contributed by atoms with Crippen LogP contribution < -0.4 is 9.64 Å². The number of aliphatic imine (C=N–C) groups is 1. The molecule has 0 spiro atoms. The molecule has 2 fully saturated rings. The highest BCUT2D eigenvalue weighted by molar-refractivity contribution is 7.99. The number of fused-ring (bicyclic) bond motifs is 2. The van der Waals surface area contributed by atoms with Crippen molar-refractivity contribution in [2.24, 2.45) is 4.99 Å². The summed E-state index contributed by atoms with van der Waals surface area (Å²) in [5.41, 5.74) is 2.71. The van der Waals surface area contributed by atoms with Crippen molar-refractivity contribution in [3.8, 4) is 5.75 Å². The molecule has 39 heavy (non-hydrogen) atoms. The average Bonchev–Trinajstić information content (AvgIpc) is 3.57. The summed E-state index contributed by atoms with van der Waals surface area (Å²) in [5.74, 6) is 2.40. The number of anilines is 1. The normalized spacial score (nSPS) is 19.8. The minimum Gasteiger partial charge on any atom is -0.497 e. The Balaban J connectivity index is 1.23. The minimum absolute atomic E-state index is 0.268. The number of amidine groups is 1. The second-order valence-corrected chi connectivity index (χ2v) is 10.6. The molecule has 1 unspecified atom stereocenters. The number of thioether (sulfide) groups is 1. The predicted octanol–water partition coefficient (Wildman–Crippen LogP) is 2.42. The lowest BCUT2D eigenvalue weighted by molar-refractivity contribution is -0.534. The van der Waals surface area contributed by atoms with Gasteiger partial charge in [-0.25, -0.2) is 14.7 Å². The summed E-state index contributed by atoms with van der Waals surface area (Å²) >= 11 is 1.50. The average molecular weight is 549 g/mol. The first-order valence-corrected chi connectivity index (χ1v) is 13.8. The summed E-state index contributed by atoms with van der Waals surface area (Å²) in [6, 6.07) is 14.7. The van der Waals surface area contributed by atoms with E-state index in [1.165, 1.54) is 28.6 Å². The second-order valence-electron chi connectivity index (χ2n) is 9.57. The van der Waals surface area contributed by atoms with Gasteiger partial charge in [0.2, 0.25) is 11.9 Å². The summed E-state index contributed by atoms with van der Waals surface area (Å²) in [5, 5.41) is 0.588. The maximum absolute atomic E-state index is 13.3. The number of methoxy groups -OCH3 is 1. The quantitative estimate of drug-likeness (QED) is 0.342. The van der Waals surface area contributed by atoms with Gasteiger partial charge in [-0.3, -0.25) is 19.2 Å². The summed E-state index contributed by atoms with van der Waals surface area (Å²) in [7, 11) is 4.86. The molecule has 3 amide bonds. The molecular formula is C27H30N7O4S+. The van der Waals surface area contributed by atoms with E-state index >= 15 is 0 Å². The summed E-state index contributed by atoms with van der Waals surface area (Å²) in [4.78, 5) is 42.4. The summed E-state index contributed by atoms with van der Waals surface area (Å²) in [6.07, 6.45) is 0. The Labute approximate surface area is 230 Å². The Kier molecular flexibility index (Phi) is 6.63. The van der Waals surface area contributed by atoms with E-state index in [4.69, 9.17) is 14.1 Å². The number of carbonyl (C=O) groups is 2. The highest BCUT2D eigenvalue weighted by atomic mass is 32.2. The number of guanidine groups is 1. The highest BCUT2D eigenvalue weighted by Crippen LogP contribution is 2.27. The van der Waals surface area contributed by atoms with Crippen LogP contribution in [-0.4, -0.2) is 114 Å². The van der Waals surface area contributed by atoms with Crippen LogP contribution in [0.25, 0.3) is 11.1 Å². The summed E-state index contributed by atoms with van der Waals surface area (Å²) < 4.78 is 13.4. The lowest BCUT2D eigenvalue weighted by Gasteiger charge is -2.34. The maximum Gasteiger partial charge on any atom is 0.392 e. The van der Waals surface area contributed by atoms with E-state index < -0.39 is 6.04 Å². The number of carbonyl (C=O) groups excluding carboxylic acids is 2. The SMILES string of the molecule is COc1ccc(N2CC[N+](=C3N=C4C(C(=O)N(C)C(=O)N4C)N3CCSc3nc4ccccc4o3)CC2)cc1. The molecule has 11 nitrogen and oxygen atoms in total. The molecule has 202 valence electrons. The van der Waals surface area contributed by atoms with Crippen molar-refractivity contribution in [2.75, 3.05) is 64.6 Å². The number of oxazole rings is 1. The van der Waals surface area contributed by atoms with E-state index in [1.807, 2.05) is 41.3 Å². The van der Waals surface area contributed by atoms with Crippen LogP contribution >= 0.6 is 11.8 Å². The van der Waals surface area contributed by atoms with Crippen molar-refractivity contribution in [2.45, 2.75) is 11.3 Å². The molecule has 2 aromatic carbocycles. The molecule has 0 N–H and O–H groups in total. The molecule has 2 saturated heterocycles. The van der Waals surface area contributed by atoms with Gasteiger partial charge in [0.1, 0.15) is 11.3 Å². The van der Waals surface area contributed by atoms with E-state index in [0.717, 1.165) is 54.7 Å². The van der Waals surface area contributed by atoms with E-state index in [1.54, 1.807) is 14.2 Å². The Morgan fingerprint density at radius 1 is 1.05 bits per heavy atom. The highest BCUT2D eigenvalue weighted by Gasteiger charge is 2.55. The van der Waals surface area contributed by atoms with Gasteiger partial charge in [0.15, 0.2) is 5.58 Å². The zero-order chi connectivity index (χ0) is 27.1. The first kappa shape index (κ1) is 25.2. The van der Waals surface area contributed by atoms with E-state index in [9.17, 15) is 9.59 Å². The molecule has 0 aliphatic carbocycles. The van der Waals surface area contributed by atoms with Gasteiger partial charge < -0.3 is 14.1 Å². The zero-order valence-electron chi connectivity index (χ0n) is 22.1. The van der Waals surface area contributed by atoms with Gasteiger partial charge in [0.25, 0.3) is 11.1 Å². The van der Waals surface area contributed by atoms with Crippen LogP contribution in [-0.2, 0) is 4.79 Å². The van der Waals surface area contributed by atoms with Crippen molar-refractivity contribution in [3.05, 3.63) is 48.5 Å². The first-order valence-electron chi connectivity index (χ1n) is 12.8. The van der Waals surface area contributed by atoms with Gasteiger partial charge in [-0.15, -0.1) is 0 Å². The molecule has 3 aliphatic heterocycles.